The van der Waals surface area contributed by atoms with Crippen molar-refractivity contribution in [2.45, 2.75) is 25.8 Å². The topological polar surface area (TPSA) is 49.8 Å². The molecular formula is C14H19NO3. The Hall–Kier alpha value is -1.55. The van der Waals surface area contributed by atoms with Crippen molar-refractivity contribution in [3.05, 3.63) is 29.8 Å². The molecule has 18 heavy (non-hydrogen) atoms. The third-order valence-corrected chi connectivity index (χ3v) is 3.42. The van der Waals surface area contributed by atoms with E-state index < -0.39 is 5.97 Å². The first kappa shape index (κ1) is 12.9. The highest BCUT2D eigenvalue weighted by Crippen LogP contribution is 2.17. The van der Waals surface area contributed by atoms with E-state index in [2.05, 4.69) is 11.8 Å². The van der Waals surface area contributed by atoms with Crippen molar-refractivity contribution in [3.63, 3.8) is 0 Å². The average molecular weight is 249 g/mol. The SMILES string of the molecule is C[C@@H]1CCCN1CCOc1cccc(C(=O)O)c1. The molecule has 1 aliphatic rings. The molecule has 1 heterocycles. The molecule has 98 valence electrons. The highest BCUT2D eigenvalue weighted by Gasteiger charge is 2.19. The van der Waals surface area contributed by atoms with E-state index in [4.69, 9.17) is 9.84 Å². The summed E-state index contributed by atoms with van der Waals surface area (Å²) in [7, 11) is 0. The molecule has 4 heteroatoms. The van der Waals surface area contributed by atoms with E-state index in [1.165, 1.54) is 12.8 Å². The number of nitrogens with zero attached hydrogens (tertiary/aromatic N) is 1. The van der Waals surface area contributed by atoms with E-state index in [1.807, 2.05) is 0 Å². The van der Waals surface area contributed by atoms with Gasteiger partial charge in [0, 0.05) is 12.6 Å². The van der Waals surface area contributed by atoms with Gasteiger partial charge in [-0.1, -0.05) is 6.07 Å². The number of carboxylic acids is 1. The number of likely N-dealkylation sites (tertiary alicyclic amines) is 1. The van der Waals surface area contributed by atoms with Crippen LogP contribution in [0.4, 0.5) is 0 Å². The van der Waals surface area contributed by atoms with Crippen molar-refractivity contribution in [1.29, 1.82) is 0 Å². The van der Waals surface area contributed by atoms with E-state index in [-0.39, 0.29) is 5.56 Å². The maximum Gasteiger partial charge on any atom is 0.335 e. The maximum atomic E-state index is 10.8. The van der Waals surface area contributed by atoms with Gasteiger partial charge in [0.15, 0.2) is 0 Å². The monoisotopic (exact) mass is 249 g/mol. The van der Waals surface area contributed by atoms with E-state index in [9.17, 15) is 4.79 Å². The van der Waals surface area contributed by atoms with Gasteiger partial charge in [0.25, 0.3) is 0 Å². The van der Waals surface area contributed by atoms with Gasteiger partial charge >= 0.3 is 5.97 Å². The van der Waals surface area contributed by atoms with Crippen molar-refractivity contribution in [2.75, 3.05) is 19.7 Å². The van der Waals surface area contributed by atoms with Crippen LogP contribution in [0.15, 0.2) is 24.3 Å². The van der Waals surface area contributed by atoms with Crippen molar-refractivity contribution < 1.29 is 14.6 Å². The molecule has 1 aliphatic heterocycles. The Balaban J connectivity index is 1.83. The molecule has 1 aromatic rings. The number of hydrogen-bond donors (Lipinski definition) is 1. The number of aromatic carboxylic acids is 1. The highest BCUT2D eigenvalue weighted by atomic mass is 16.5. The van der Waals surface area contributed by atoms with Gasteiger partial charge in [-0.2, -0.15) is 0 Å². The molecule has 1 N–H and O–H groups in total. The molecule has 4 nitrogen and oxygen atoms in total. The first-order chi connectivity index (χ1) is 8.66. The third-order valence-electron chi connectivity index (χ3n) is 3.42. The summed E-state index contributed by atoms with van der Waals surface area (Å²) in [6.07, 6.45) is 2.52. The lowest BCUT2D eigenvalue weighted by Crippen LogP contribution is -2.31. The molecule has 1 fully saturated rings. The Bertz CT molecular complexity index is 419. The van der Waals surface area contributed by atoms with Crippen LogP contribution in [0.25, 0.3) is 0 Å². The fraction of sp³-hybridized carbons (Fsp3) is 0.500. The Morgan fingerprint density at radius 3 is 3.06 bits per heavy atom. The second kappa shape index (κ2) is 5.87. The first-order valence-electron chi connectivity index (χ1n) is 6.37. The van der Waals surface area contributed by atoms with E-state index in [0.29, 0.717) is 18.4 Å². The van der Waals surface area contributed by atoms with Gasteiger partial charge in [0.1, 0.15) is 12.4 Å². The minimum absolute atomic E-state index is 0.266. The standard InChI is InChI=1S/C14H19NO3/c1-11-4-3-7-15(11)8-9-18-13-6-2-5-12(10-13)14(16)17/h2,5-6,10-11H,3-4,7-9H2,1H3,(H,16,17)/t11-/m1/s1. The van der Waals surface area contributed by atoms with Crippen LogP contribution in [0.5, 0.6) is 5.75 Å². The van der Waals surface area contributed by atoms with Crippen LogP contribution in [0, 0.1) is 0 Å². The van der Waals surface area contributed by atoms with Crippen LogP contribution in [0.3, 0.4) is 0 Å². The van der Waals surface area contributed by atoms with E-state index >= 15 is 0 Å². The number of rotatable bonds is 5. The Morgan fingerprint density at radius 1 is 1.56 bits per heavy atom. The summed E-state index contributed by atoms with van der Waals surface area (Å²) in [4.78, 5) is 13.2. The fourth-order valence-electron chi connectivity index (χ4n) is 2.32. The predicted molar refractivity (Wildman–Crippen MR) is 69.2 cm³/mol. The minimum Gasteiger partial charge on any atom is -0.492 e. The van der Waals surface area contributed by atoms with E-state index in [1.54, 1.807) is 24.3 Å². The zero-order valence-corrected chi connectivity index (χ0v) is 10.6. The Morgan fingerprint density at radius 2 is 2.39 bits per heavy atom. The Labute approximate surface area is 107 Å². The molecule has 0 unspecified atom stereocenters. The van der Waals surface area contributed by atoms with Gasteiger partial charge in [0.2, 0.25) is 0 Å². The molecule has 0 amide bonds. The smallest absolute Gasteiger partial charge is 0.335 e. The second-order valence-electron chi connectivity index (χ2n) is 4.71. The first-order valence-corrected chi connectivity index (χ1v) is 6.37. The van der Waals surface area contributed by atoms with Gasteiger partial charge in [-0.05, 0) is 44.5 Å². The zero-order chi connectivity index (χ0) is 13.0. The van der Waals surface area contributed by atoms with Gasteiger partial charge in [0.05, 0.1) is 5.56 Å². The summed E-state index contributed by atoms with van der Waals surface area (Å²) < 4.78 is 5.60. The lowest BCUT2D eigenvalue weighted by Gasteiger charge is -2.20. The zero-order valence-electron chi connectivity index (χ0n) is 10.6. The van der Waals surface area contributed by atoms with Crippen molar-refractivity contribution in [3.8, 4) is 5.75 Å². The molecule has 0 aliphatic carbocycles. The molecule has 0 spiro atoms. The normalized spacial score (nSPS) is 19.9. The number of benzene rings is 1. The van der Waals surface area contributed by atoms with Crippen molar-refractivity contribution in [1.82, 2.24) is 4.90 Å². The molecule has 2 rings (SSSR count). The van der Waals surface area contributed by atoms with Gasteiger partial charge < -0.3 is 9.84 Å². The number of carboxylic acid groups (broad SMARTS) is 1. The molecule has 1 saturated heterocycles. The van der Waals surface area contributed by atoms with E-state index in [0.717, 1.165) is 13.1 Å². The average Bonchev–Trinajstić information content (AvgIpc) is 2.76. The van der Waals surface area contributed by atoms with Crippen LogP contribution in [0.1, 0.15) is 30.1 Å². The molecular weight excluding hydrogens is 230 g/mol. The maximum absolute atomic E-state index is 10.8. The van der Waals surface area contributed by atoms with Crippen molar-refractivity contribution in [2.24, 2.45) is 0 Å². The van der Waals surface area contributed by atoms with Crippen LogP contribution < -0.4 is 4.74 Å². The summed E-state index contributed by atoms with van der Waals surface area (Å²) >= 11 is 0. The molecule has 0 radical (unpaired) electrons. The number of carbonyl (C=O) groups is 1. The summed E-state index contributed by atoms with van der Waals surface area (Å²) in [5, 5.41) is 8.88. The Kier molecular flexibility index (Phi) is 4.20. The van der Waals surface area contributed by atoms with Crippen LogP contribution in [-0.4, -0.2) is 41.7 Å². The van der Waals surface area contributed by atoms with Gasteiger partial charge in [-0.25, -0.2) is 4.79 Å². The fourth-order valence-corrected chi connectivity index (χ4v) is 2.32. The van der Waals surface area contributed by atoms with Crippen LogP contribution in [-0.2, 0) is 0 Å². The molecule has 0 aromatic heterocycles. The minimum atomic E-state index is -0.923. The largest absolute Gasteiger partial charge is 0.492 e. The highest BCUT2D eigenvalue weighted by molar-refractivity contribution is 5.87. The molecule has 0 saturated carbocycles. The molecule has 1 atom stereocenters. The van der Waals surface area contributed by atoms with Crippen LogP contribution in [0.2, 0.25) is 0 Å². The summed E-state index contributed by atoms with van der Waals surface area (Å²) in [6, 6.07) is 7.27. The summed E-state index contributed by atoms with van der Waals surface area (Å²) in [5.41, 5.74) is 0.266. The van der Waals surface area contributed by atoms with Gasteiger partial charge in [-0.3, -0.25) is 4.90 Å². The lowest BCUT2D eigenvalue weighted by atomic mass is 10.2. The quantitative estimate of drug-likeness (QED) is 0.869. The summed E-state index contributed by atoms with van der Waals surface area (Å²) in [5.74, 6) is -0.296. The molecule has 1 aromatic carbocycles. The van der Waals surface area contributed by atoms with Crippen molar-refractivity contribution >= 4 is 5.97 Å². The van der Waals surface area contributed by atoms with Crippen LogP contribution >= 0.6 is 0 Å². The van der Waals surface area contributed by atoms with Gasteiger partial charge in [-0.15, -0.1) is 0 Å². The lowest BCUT2D eigenvalue weighted by molar-refractivity contribution is 0.0696. The number of ether oxygens (including phenoxy) is 1. The third kappa shape index (κ3) is 3.23. The predicted octanol–water partition coefficient (Wildman–Crippen LogP) is 2.25. The second-order valence-corrected chi connectivity index (χ2v) is 4.71. The number of hydrogen-bond acceptors (Lipinski definition) is 3. The summed E-state index contributed by atoms with van der Waals surface area (Å²) in [6.45, 7) is 4.88. The molecule has 0 bridgehead atoms.